The molecule has 0 spiro atoms. The van der Waals surface area contributed by atoms with Crippen LogP contribution in [0.4, 0.5) is 5.13 Å². The molecule has 1 aromatic rings. The van der Waals surface area contributed by atoms with Crippen molar-refractivity contribution in [3.05, 3.63) is 5.01 Å². The number of hydrogen-bond donors (Lipinski definition) is 0. The van der Waals surface area contributed by atoms with E-state index in [0.717, 1.165) is 36.1 Å². The number of aryl methyl sites for hydroxylation is 1. The summed E-state index contributed by atoms with van der Waals surface area (Å²) in [6.07, 6.45) is 2.98. The van der Waals surface area contributed by atoms with Gasteiger partial charge in [0.25, 0.3) is 0 Å². The molecule has 1 saturated heterocycles. The average Bonchev–Trinajstić information content (AvgIpc) is 2.76. The van der Waals surface area contributed by atoms with E-state index in [1.807, 2.05) is 13.8 Å². The van der Waals surface area contributed by atoms with Crippen molar-refractivity contribution in [2.75, 3.05) is 30.8 Å². The highest BCUT2D eigenvalue weighted by atomic mass is 32.2. The third-order valence-corrected chi connectivity index (χ3v) is 5.70. The smallest absolute Gasteiger partial charge is 0.211 e. The van der Waals surface area contributed by atoms with Gasteiger partial charge in [0.1, 0.15) is 5.01 Å². The third-order valence-electron chi connectivity index (χ3n) is 3.40. The van der Waals surface area contributed by atoms with Crippen LogP contribution in [0.1, 0.15) is 24.8 Å². The zero-order valence-corrected chi connectivity index (χ0v) is 13.2. The van der Waals surface area contributed by atoms with Crippen molar-refractivity contribution < 1.29 is 8.42 Å². The molecule has 0 amide bonds. The van der Waals surface area contributed by atoms with Gasteiger partial charge in [-0.15, -0.1) is 10.2 Å². The first-order valence-electron chi connectivity index (χ1n) is 6.43. The first kappa shape index (κ1) is 14.7. The van der Waals surface area contributed by atoms with Crippen LogP contribution in [-0.4, -0.2) is 54.9 Å². The second kappa shape index (κ2) is 5.72. The second-order valence-electron chi connectivity index (χ2n) is 4.79. The van der Waals surface area contributed by atoms with Crippen LogP contribution in [0.2, 0.25) is 0 Å². The van der Waals surface area contributed by atoms with E-state index in [9.17, 15) is 8.42 Å². The minimum atomic E-state index is -3.10. The molecule has 8 heteroatoms. The second-order valence-corrected chi connectivity index (χ2v) is 7.88. The monoisotopic (exact) mass is 304 g/mol. The highest BCUT2D eigenvalue weighted by molar-refractivity contribution is 7.88. The molecular formula is C11H20N4O2S2. The van der Waals surface area contributed by atoms with Crippen molar-refractivity contribution in [2.45, 2.75) is 32.7 Å². The zero-order valence-electron chi connectivity index (χ0n) is 11.5. The topological polar surface area (TPSA) is 66.4 Å². The van der Waals surface area contributed by atoms with Gasteiger partial charge in [0.05, 0.1) is 6.26 Å². The maximum Gasteiger partial charge on any atom is 0.211 e. The number of nitrogens with zero attached hydrogens (tertiary/aromatic N) is 4. The predicted molar refractivity (Wildman–Crippen MR) is 77.1 cm³/mol. The van der Waals surface area contributed by atoms with Crippen molar-refractivity contribution in [3.8, 4) is 0 Å². The van der Waals surface area contributed by atoms with E-state index in [4.69, 9.17) is 0 Å². The first-order chi connectivity index (χ1) is 8.91. The van der Waals surface area contributed by atoms with Gasteiger partial charge in [-0.05, 0) is 19.8 Å². The zero-order chi connectivity index (χ0) is 14.0. The Morgan fingerprint density at radius 3 is 2.42 bits per heavy atom. The average molecular weight is 304 g/mol. The highest BCUT2D eigenvalue weighted by Gasteiger charge is 2.29. The van der Waals surface area contributed by atoms with Gasteiger partial charge in [0, 0.05) is 25.7 Å². The summed E-state index contributed by atoms with van der Waals surface area (Å²) in [5, 5.41) is 10.1. The Morgan fingerprint density at radius 1 is 1.37 bits per heavy atom. The first-order valence-corrected chi connectivity index (χ1v) is 9.10. The fraction of sp³-hybridized carbons (Fsp3) is 0.818. The van der Waals surface area contributed by atoms with E-state index in [-0.39, 0.29) is 6.04 Å². The molecule has 1 aliphatic heterocycles. The Hall–Kier alpha value is -0.730. The molecule has 108 valence electrons. The van der Waals surface area contributed by atoms with Gasteiger partial charge in [-0.1, -0.05) is 18.3 Å². The normalized spacial score (nSPS) is 18.2. The van der Waals surface area contributed by atoms with E-state index in [1.165, 1.54) is 6.26 Å². The number of rotatable bonds is 4. The Kier molecular flexibility index (Phi) is 4.42. The molecule has 1 aliphatic rings. The number of aromatic nitrogens is 2. The van der Waals surface area contributed by atoms with Gasteiger partial charge in [0.15, 0.2) is 0 Å². The van der Waals surface area contributed by atoms with Crippen molar-refractivity contribution in [1.29, 1.82) is 0 Å². The van der Waals surface area contributed by atoms with Crippen molar-refractivity contribution in [1.82, 2.24) is 14.5 Å². The maximum absolute atomic E-state index is 11.7. The molecule has 1 aromatic heterocycles. The van der Waals surface area contributed by atoms with Crippen molar-refractivity contribution in [3.63, 3.8) is 0 Å². The van der Waals surface area contributed by atoms with Gasteiger partial charge in [-0.25, -0.2) is 8.42 Å². The molecule has 19 heavy (non-hydrogen) atoms. The highest BCUT2D eigenvalue weighted by Crippen LogP contribution is 2.25. The molecular weight excluding hydrogens is 284 g/mol. The standard InChI is InChI=1S/C11H20N4O2S2/c1-4-15(19(3,16)17)10-5-7-14(8-6-10)11-13-12-9(2)18-11/h10H,4-8H2,1-3H3. The molecule has 0 aromatic carbocycles. The molecule has 2 heterocycles. The third kappa shape index (κ3) is 3.43. The maximum atomic E-state index is 11.7. The lowest BCUT2D eigenvalue weighted by Gasteiger charge is -2.36. The molecule has 0 bridgehead atoms. The number of sulfonamides is 1. The number of anilines is 1. The van der Waals surface area contributed by atoms with E-state index in [1.54, 1.807) is 15.6 Å². The summed E-state index contributed by atoms with van der Waals surface area (Å²) < 4.78 is 25.0. The number of piperidine rings is 1. The van der Waals surface area contributed by atoms with Crippen LogP contribution < -0.4 is 4.90 Å². The quantitative estimate of drug-likeness (QED) is 0.833. The summed E-state index contributed by atoms with van der Waals surface area (Å²) >= 11 is 1.59. The lowest BCUT2D eigenvalue weighted by Crippen LogP contribution is -2.47. The Labute approximate surface area is 118 Å². The molecule has 0 radical (unpaired) electrons. The largest absolute Gasteiger partial charge is 0.347 e. The summed E-state index contributed by atoms with van der Waals surface area (Å²) in [6, 6.07) is 0.116. The lowest BCUT2D eigenvalue weighted by molar-refractivity contribution is 0.285. The van der Waals surface area contributed by atoms with Gasteiger partial charge in [-0.2, -0.15) is 4.31 Å². The molecule has 0 saturated carbocycles. The summed E-state index contributed by atoms with van der Waals surface area (Å²) in [7, 11) is -3.10. The Morgan fingerprint density at radius 2 is 2.00 bits per heavy atom. The fourth-order valence-corrected chi connectivity index (χ4v) is 4.48. The van der Waals surface area contributed by atoms with Gasteiger partial charge >= 0.3 is 0 Å². The minimum absolute atomic E-state index is 0.116. The molecule has 1 fully saturated rings. The molecule has 0 aliphatic carbocycles. The SMILES string of the molecule is CCN(C1CCN(c2nnc(C)s2)CC1)S(C)(=O)=O. The fourth-order valence-electron chi connectivity index (χ4n) is 2.52. The van der Waals surface area contributed by atoms with Crippen molar-refractivity contribution in [2.24, 2.45) is 0 Å². The van der Waals surface area contributed by atoms with Gasteiger partial charge in [0.2, 0.25) is 15.2 Å². The van der Waals surface area contributed by atoms with Crippen LogP contribution >= 0.6 is 11.3 Å². The van der Waals surface area contributed by atoms with Crippen LogP contribution in [0.15, 0.2) is 0 Å². The van der Waals surface area contributed by atoms with Crippen LogP contribution in [0, 0.1) is 6.92 Å². The van der Waals surface area contributed by atoms with Crippen molar-refractivity contribution >= 4 is 26.5 Å². The number of hydrogen-bond acceptors (Lipinski definition) is 6. The summed E-state index contributed by atoms with van der Waals surface area (Å²) in [5.41, 5.74) is 0. The van der Waals surface area contributed by atoms with Crippen LogP contribution in [-0.2, 0) is 10.0 Å². The Balaban J connectivity index is 1.99. The van der Waals surface area contributed by atoms with E-state index >= 15 is 0 Å². The molecule has 2 rings (SSSR count). The molecule has 0 N–H and O–H groups in total. The van der Waals surface area contributed by atoms with E-state index < -0.39 is 10.0 Å². The summed E-state index contributed by atoms with van der Waals surface area (Å²) in [4.78, 5) is 2.19. The molecule has 0 unspecified atom stereocenters. The van der Waals surface area contributed by atoms with Crippen LogP contribution in [0.3, 0.4) is 0 Å². The molecule has 0 atom stereocenters. The van der Waals surface area contributed by atoms with Crippen LogP contribution in [0.25, 0.3) is 0 Å². The molecule has 6 nitrogen and oxygen atoms in total. The predicted octanol–water partition coefficient (Wildman–Crippen LogP) is 1.10. The summed E-state index contributed by atoms with van der Waals surface area (Å²) in [6.45, 7) is 6.05. The van der Waals surface area contributed by atoms with Crippen LogP contribution in [0.5, 0.6) is 0 Å². The van der Waals surface area contributed by atoms with E-state index in [0.29, 0.717) is 6.54 Å². The Bertz CT molecular complexity index is 521. The summed E-state index contributed by atoms with van der Waals surface area (Å²) in [5.74, 6) is 0. The van der Waals surface area contributed by atoms with E-state index in [2.05, 4.69) is 15.1 Å². The lowest BCUT2D eigenvalue weighted by atomic mass is 10.1. The van der Waals surface area contributed by atoms with Gasteiger partial charge in [-0.3, -0.25) is 0 Å². The van der Waals surface area contributed by atoms with Gasteiger partial charge < -0.3 is 4.90 Å². The minimum Gasteiger partial charge on any atom is -0.347 e.